The topological polar surface area (TPSA) is 15.3 Å². The molecule has 0 aliphatic carbocycles. The summed E-state index contributed by atoms with van der Waals surface area (Å²) >= 11 is 0. The predicted octanol–water partition coefficient (Wildman–Crippen LogP) is 3.28. The molecule has 0 aromatic heterocycles. The first-order valence-electron chi connectivity index (χ1n) is 7.68. The van der Waals surface area contributed by atoms with Crippen molar-refractivity contribution in [1.82, 2.24) is 10.2 Å². The van der Waals surface area contributed by atoms with Crippen molar-refractivity contribution in [3.05, 3.63) is 0 Å². The molecule has 0 aromatic rings. The summed E-state index contributed by atoms with van der Waals surface area (Å²) in [5.41, 5.74) is 0. The molecule has 1 aliphatic rings. The largest absolute Gasteiger partial charge is 0.314 e. The number of nitrogens with one attached hydrogen (secondary N) is 1. The Morgan fingerprint density at radius 2 is 1.88 bits per heavy atom. The Morgan fingerprint density at radius 1 is 1.12 bits per heavy atom. The summed E-state index contributed by atoms with van der Waals surface area (Å²) < 4.78 is 0. The molecule has 0 saturated carbocycles. The summed E-state index contributed by atoms with van der Waals surface area (Å²) in [5, 5.41) is 3.63. The molecule has 2 nitrogen and oxygen atoms in total. The van der Waals surface area contributed by atoms with Gasteiger partial charge in [-0.25, -0.2) is 0 Å². The van der Waals surface area contributed by atoms with Gasteiger partial charge < -0.3 is 10.2 Å². The summed E-state index contributed by atoms with van der Waals surface area (Å²) in [5.74, 6) is 0.787. The van der Waals surface area contributed by atoms with Crippen molar-refractivity contribution in [1.29, 1.82) is 0 Å². The Kier molecular flexibility index (Phi) is 7.14. The molecule has 0 aromatic carbocycles. The van der Waals surface area contributed by atoms with Crippen molar-refractivity contribution >= 4 is 0 Å². The van der Waals surface area contributed by atoms with Gasteiger partial charge >= 0.3 is 0 Å². The number of rotatable bonds is 7. The van der Waals surface area contributed by atoms with Crippen LogP contribution in [0.4, 0.5) is 0 Å². The maximum atomic E-state index is 3.63. The molecule has 102 valence electrons. The van der Waals surface area contributed by atoms with Crippen LogP contribution in [0.2, 0.25) is 0 Å². The zero-order chi connectivity index (χ0) is 12.7. The quantitative estimate of drug-likeness (QED) is 0.687. The minimum atomic E-state index is 0.738. The number of hydrogen-bond donors (Lipinski definition) is 1. The van der Waals surface area contributed by atoms with Gasteiger partial charge in [0, 0.05) is 12.1 Å². The van der Waals surface area contributed by atoms with E-state index in [1.807, 2.05) is 0 Å². The van der Waals surface area contributed by atoms with Gasteiger partial charge in [-0.2, -0.15) is 0 Å². The smallest absolute Gasteiger partial charge is 0.0120 e. The number of nitrogens with zero attached hydrogens (tertiary/aromatic N) is 1. The molecule has 0 amide bonds. The Hall–Kier alpha value is -0.0800. The van der Waals surface area contributed by atoms with Crippen LogP contribution in [0.15, 0.2) is 0 Å². The van der Waals surface area contributed by atoms with Gasteiger partial charge in [-0.3, -0.25) is 0 Å². The molecule has 0 spiro atoms. The van der Waals surface area contributed by atoms with Crippen LogP contribution in [-0.4, -0.2) is 36.6 Å². The molecule has 2 heteroatoms. The molecular formula is C15H32N2. The lowest BCUT2D eigenvalue weighted by Crippen LogP contribution is -2.53. The molecule has 1 aliphatic heterocycles. The molecule has 1 heterocycles. The van der Waals surface area contributed by atoms with E-state index in [4.69, 9.17) is 0 Å². The number of piperidine rings is 1. The van der Waals surface area contributed by atoms with E-state index in [2.05, 4.69) is 37.9 Å². The fourth-order valence-corrected chi connectivity index (χ4v) is 3.05. The maximum Gasteiger partial charge on any atom is 0.0120 e. The lowest BCUT2D eigenvalue weighted by Gasteiger charge is -2.43. The highest BCUT2D eigenvalue weighted by atomic mass is 15.2. The standard InChI is InChI=1S/C15H32N2/c1-5-7-8-9-11-17-12-10-15(16-6-2)13(3)14(17)4/h13-16H,5-12H2,1-4H3. The average molecular weight is 240 g/mol. The lowest BCUT2D eigenvalue weighted by atomic mass is 9.87. The summed E-state index contributed by atoms with van der Waals surface area (Å²) in [4.78, 5) is 2.70. The van der Waals surface area contributed by atoms with E-state index < -0.39 is 0 Å². The van der Waals surface area contributed by atoms with Crippen LogP contribution in [0, 0.1) is 5.92 Å². The molecule has 3 unspecified atom stereocenters. The van der Waals surface area contributed by atoms with Gasteiger partial charge in [0.25, 0.3) is 0 Å². The third kappa shape index (κ3) is 4.59. The van der Waals surface area contributed by atoms with Crippen molar-refractivity contribution in [2.75, 3.05) is 19.6 Å². The Labute approximate surface area is 108 Å². The average Bonchev–Trinajstić information content (AvgIpc) is 2.33. The molecule has 0 bridgehead atoms. The van der Waals surface area contributed by atoms with Crippen molar-refractivity contribution < 1.29 is 0 Å². The van der Waals surface area contributed by atoms with Crippen LogP contribution in [0.5, 0.6) is 0 Å². The molecular weight excluding hydrogens is 208 g/mol. The number of likely N-dealkylation sites (tertiary alicyclic amines) is 1. The SMILES string of the molecule is CCCCCCN1CCC(NCC)C(C)C1C. The first-order valence-corrected chi connectivity index (χ1v) is 7.68. The van der Waals surface area contributed by atoms with E-state index in [9.17, 15) is 0 Å². The molecule has 1 N–H and O–H groups in total. The van der Waals surface area contributed by atoms with Gasteiger partial charge in [-0.1, -0.05) is 40.0 Å². The summed E-state index contributed by atoms with van der Waals surface area (Å²) in [6.45, 7) is 13.0. The summed E-state index contributed by atoms with van der Waals surface area (Å²) in [6, 6.07) is 1.48. The van der Waals surface area contributed by atoms with Crippen LogP contribution in [0.1, 0.15) is 59.8 Å². The fourth-order valence-electron chi connectivity index (χ4n) is 3.05. The zero-order valence-electron chi connectivity index (χ0n) is 12.3. The van der Waals surface area contributed by atoms with Crippen LogP contribution in [-0.2, 0) is 0 Å². The summed E-state index contributed by atoms with van der Waals surface area (Å²) in [7, 11) is 0. The highest BCUT2D eigenvalue weighted by molar-refractivity contribution is 4.88. The van der Waals surface area contributed by atoms with Crippen molar-refractivity contribution in [3.8, 4) is 0 Å². The molecule has 3 atom stereocenters. The van der Waals surface area contributed by atoms with Crippen LogP contribution >= 0.6 is 0 Å². The maximum absolute atomic E-state index is 3.63. The third-order valence-electron chi connectivity index (χ3n) is 4.46. The molecule has 17 heavy (non-hydrogen) atoms. The summed E-state index contributed by atoms with van der Waals surface area (Å²) in [6.07, 6.45) is 6.86. The Bertz CT molecular complexity index is 191. The second kappa shape index (κ2) is 8.10. The van der Waals surface area contributed by atoms with Gasteiger partial charge in [0.15, 0.2) is 0 Å². The second-order valence-corrected chi connectivity index (χ2v) is 5.65. The van der Waals surface area contributed by atoms with E-state index in [0.717, 1.165) is 24.5 Å². The fraction of sp³-hybridized carbons (Fsp3) is 1.00. The number of unbranched alkanes of at least 4 members (excludes halogenated alkanes) is 3. The van der Waals surface area contributed by atoms with E-state index in [-0.39, 0.29) is 0 Å². The molecule has 1 rings (SSSR count). The van der Waals surface area contributed by atoms with E-state index in [1.165, 1.54) is 45.2 Å². The van der Waals surface area contributed by atoms with Crippen LogP contribution in [0.3, 0.4) is 0 Å². The molecule has 0 radical (unpaired) electrons. The first-order chi connectivity index (χ1) is 8.20. The Morgan fingerprint density at radius 3 is 2.53 bits per heavy atom. The van der Waals surface area contributed by atoms with E-state index in [0.29, 0.717) is 0 Å². The number of hydrogen-bond acceptors (Lipinski definition) is 2. The highest BCUT2D eigenvalue weighted by Gasteiger charge is 2.31. The van der Waals surface area contributed by atoms with Crippen molar-refractivity contribution in [3.63, 3.8) is 0 Å². The van der Waals surface area contributed by atoms with Crippen LogP contribution < -0.4 is 5.32 Å². The monoisotopic (exact) mass is 240 g/mol. The normalized spacial score (nSPS) is 30.7. The lowest BCUT2D eigenvalue weighted by molar-refractivity contribution is 0.0839. The van der Waals surface area contributed by atoms with Crippen molar-refractivity contribution in [2.24, 2.45) is 5.92 Å². The van der Waals surface area contributed by atoms with Gasteiger partial charge in [-0.05, 0) is 45.3 Å². The first kappa shape index (κ1) is 15.0. The van der Waals surface area contributed by atoms with Gasteiger partial charge in [0.1, 0.15) is 0 Å². The molecule has 1 saturated heterocycles. The molecule has 1 fully saturated rings. The van der Waals surface area contributed by atoms with E-state index >= 15 is 0 Å². The van der Waals surface area contributed by atoms with Crippen LogP contribution in [0.25, 0.3) is 0 Å². The van der Waals surface area contributed by atoms with Gasteiger partial charge in [0.05, 0.1) is 0 Å². The predicted molar refractivity (Wildman–Crippen MR) is 76.4 cm³/mol. The second-order valence-electron chi connectivity index (χ2n) is 5.65. The highest BCUT2D eigenvalue weighted by Crippen LogP contribution is 2.24. The van der Waals surface area contributed by atoms with Gasteiger partial charge in [0.2, 0.25) is 0 Å². The zero-order valence-corrected chi connectivity index (χ0v) is 12.3. The van der Waals surface area contributed by atoms with E-state index in [1.54, 1.807) is 0 Å². The van der Waals surface area contributed by atoms with Crippen molar-refractivity contribution in [2.45, 2.75) is 71.9 Å². The Balaban J connectivity index is 2.29. The minimum absolute atomic E-state index is 0.738. The minimum Gasteiger partial charge on any atom is -0.314 e. The third-order valence-corrected chi connectivity index (χ3v) is 4.46. The van der Waals surface area contributed by atoms with Gasteiger partial charge in [-0.15, -0.1) is 0 Å².